The number of methoxy groups -OCH3 is 1. The van der Waals surface area contributed by atoms with E-state index in [4.69, 9.17) is 9.47 Å². The molecule has 1 aliphatic heterocycles. The molecule has 1 saturated heterocycles. The Labute approximate surface area is 149 Å². The summed E-state index contributed by atoms with van der Waals surface area (Å²) in [6, 6.07) is 0. The van der Waals surface area contributed by atoms with Crippen LogP contribution >= 0.6 is 0 Å². The Hall–Kier alpha value is -0.0800. The average molecular weight is 335 g/mol. The van der Waals surface area contributed by atoms with Crippen molar-refractivity contribution in [3.8, 4) is 0 Å². The van der Waals surface area contributed by atoms with Crippen LogP contribution in [0.15, 0.2) is 0 Å². The number of fused-ring (bicyclic) bond motifs is 1. The van der Waals surface area contributed by atoms with E-state index < -0.39 is 0 Å². The van der Waals surface area contributed by atoms with Crippen molar-refractivity contribution in [3.05, 3.63) is 0 Å². The quantitative estimate of drug-likeness (QED) is 0.655. The Morgan fingerprint density at radius 3 is 2.08 bits per heavy atom. The van der Waals surface area contributed by atoms with Gasteiger partial charge in [0.2, 0.25) is 0 Å². The molecule has 4 fully saturated rings. The highest BCUT2D eigenvalue weighted by atomic mass is 16.5. The number of hydrogen-bond acceptors (Lipinski definition) is 2. The van der Waals surface area contributed by atoms with Crippen LogP contribution in [0.5, 0.6) is 0 Å². The molecule has 0 aromatic rings. The first-order valence-electron chi connectivity index (χ1n) is 11.0. The summed E-state index contributed by atoms with van der Waals surface area (Å²) in [6.07, 6.45) is 21.4. The van der Waals surface area contributed by atoms with E-state index in [0.29, 0.717) is 18.3 Å². The SMILES string of the molecule is COC1CCC(C2CC(C3CCCCC3)C3CCCCC3O2)CC1. The monoisotopic (exact) mass is 334 g/mol. The van der Waals surface area contributed by atoms with Crippen LogP contribution in [0.2, 0.25) is 0 Å². The molecule has 4 rings (SSSR count). The fourth-order valence-corrected chi connectivity index (χ4v) is 6.61. The number of ether oxygens (including phenoxy) is 2. The van der Waals surface area contributed by atoms with Gasteiger partial charge in [-0.1, -0.05) is 44.9 Å². The fraction of sp³-hybridized carbons (Fsp3) is 1.00. The summed E-state index contributed by atoms with van der Waals surface area (Å²) in [5, 5.41) is 0. The third kappa shape index (κ3) is 3.70. The molecule has 0 spiro atoms. The van der Waals surface area contributed by atoms with Crippen molar-refractivity contribution in [3.63, 3.8) is 0 Å². The van der Waals surface area contributed by atoms with E-state index in [1.165, 1.54) is 89.9 Å². The van der Waals surface area contributed by atoms with Gasteiger partial charge in [-0.05, 0) is 68.6 Å². The van der Waals surface area contributed by atoms with Gasteiger partial charge in [0.15, 0.2) is 0 Å². The molecule has 0 aromatic carbocycles. The minimum Gasteiger partial charge on any atom is -0.381 e. The summed E-state index contributed by atoms with van der Waals surface area (Å²) in [7, 11) is 1.88. The summed E-state index contributed by atoms with van der Waals surface area (Å²) in [5.41, 5.74) is 0. The highest BCUT2D eigenvalue weighted by Gasteiger charge is 2.45. The normalized spacial score (nSPS) is 44.9. The van der Waals surface area contributed by atoms with Gasteiger partial charge < -0.3 is 9.47 Å². The largest absolute Gasteiger partial charge is 0.381 e. The van der Waals surface area contributed by atoms with Crippen LogP contribution in [0.4, 0.5) is 0 Å². The maximum absolute atomic E-state index is 6.78. The van der Waals surface area contributed by atoms with E-state index in [1.807, 2.05) is 7.11 Å². The molecule has 3 saturated carbocycles. The Kier molecular flexibility index (Phi) is 5.84. The molecular formula is C22H38O2. The summed E-state index contributed by atoms with van der Waals surface area (Å²) >= 11 is 0. The second-order valence-corrected chi connectivity index (χ2v) is 9.23. The molecule has 0 bridgehead atoms. The van der Waals surface area contributed by atoms with Gasteiger partial charge in [-0.2, -0.15) is 0 Å². The number of rotatable bonds is 3. The van der Waals surface area contributed by atoms with Crippen LogP contribution in [0.3, 0.4) is 0 Å². The van der Waals surface area contributed by atoms with E-state index in [1.54, 1.807) is 0 Å². The van der Waals surface area contributed by atoms with Crippen molar-refractivity contribution in [2.24, 2.45) is 23.7 Å². The summed E-state index contributed by atoms with van der Waals surface area (Å²) in [4.78, 5) is 0. The highest BCUT2D eigenvalue weighted by Crippen LogP contribution is 2.49. The van der Waals surface area contributed by atoms with Crippen molar-refractivity contribution in [1.29, 1.82) is 0 Å². The molecule has 1 heterocycles. The second kappa shape index (κ2) is 8.08. The minimum absolute atomic E-state index is 0.515. The second-order valence-electron chi connectivity index (χ2n) is 9.23. The molecule has 4 unspecified atom stereocenters. The molecule has 3 aliphatic carbocycles. The third-order valence-electron chi connectivity index (χ3n) is 7.99. The van der Waals surface area contributed by atoms with Gasteiger partial charge in [-0.15, -0.1) is 0 Å². The lowest BCUT2D eigenvalue weighted by Crippen LogP contribution is -2.48. The van der Waals surface area contributed by atoms with Crippen molar-refractivity contribution in [2.45, 2.75) is 108 Å². The van der Waals surface area contributed by atoms with E-state index in [-0.39, 0.29) is 0 Å². The van der Waals surface area contributed by atoms with Crippen molar-refractivity contribution in [1.82, 2.24) is 0 Å². The lowest BCUT2D eigenvalue weighted by atomic mass is 9.64. The molecule has 0 N–H and O–H groups in total. The first kappa shape index (κ1) is 17.3. The van der Waals surface area contributed by atoms with E-state index in [0.717, 1.165) is 23.7 Å². The van der Waals surface area contributed by atoms with Gasteiger partial charge in [0.1, 0.15) is 0 Å². The molecule has 0 amide bonds. The van der Waals surface area contributed by atoms with E-state index in [9.17, 15) is 0 Å². The molecule has 2 heteroatoms. The zero-order chi connectivity index (χ0) is 16.4. The smallest absolute Gasteiger partial charge is 0.0610 e. The Balaban J connectivity index is 1.44. The highest BCUT2D eigenvalue weighted by molar-refractivity contribution is 4.94. The van der Waals surface area contributed by atoms with Crippen LogP contribution < -0.4 is 0 Å². The summed E-state index contributed by atoms with van der Waals surface area (Å²) in [5.74, 6) is 3.71. The van der Waals surface area contributed by atoms with Crippen molar-refractivity contribution < 1.29 is 9.47 Å². The molecule has 138 valence electrons. The Morgan fingerprint density at radius 2 is 1.33 bits per heavy atom. The lowest BCUT2D eigenvalue weighted by molar-refractivity contribution is -0.162. The first-order valence-corrected chi connectivity index (χ1v) is 11.0. The topological polar surface area (TPSA) is 18.5 Å². The predicted molar refractivity (Wildman–Crippen MR) is 98.1 cm³/mol. The Bertz CT molecular complexity index is 381. The lowest BCUT2D eigenvalue weighted by Gasteiger charge is -2.50. The fourth-order valence-electron chi connectivity index (χ4n) is 6.61. The maximum Gasteiger partial charge on any atom is 0.0610 e. The van der Waals surface area contributed by atoms with Crippen LogP contribution in [0.1, 0.15) is 89.9 Å². The third-order valence-corrected chi connectivity index (χ3v) is 7.99. The molecule has 0 radical (unpaired) electrons. The summed E-state index contributed by atoms with van der Waals surface area (Å²) < 4.78 is 12.4. The van der Waals surface area contributed by atoms with Gasteiger partial charge in [0.05, 0.1) is 18.3 Å². The maximum atomic E-state index is 6.78. The molecule has 4 atom stereocenters. The van der Waals surface area contributed by atoms with Crippen LogP contribution in [-0.2, 0) is 9.47 Å². The standard InChI is InChI=1S/C22H38O2/c1-23-18-13-11-17(12-14-18)22-15-20(16-7-3-2-4-8-16)19-9-5-6-10-21(19)24-22/h16-22H,2-15H2,1H3. The summed E-state index contributed by atoms with van der Waals surface area (Å²) in [6.45, 7) is 0. The predicted octanol–water partition coefficient (Wildman–Crippen LogP) is 5.74. The molecule has 4 aliphatic rings. The van der Waals surface area contributed by atoms with E-state index in [2.05, 4.69) is 0 Å². The molecule has 24 heavy (non-hydrogen) atoms. The van der Waals surface area contributed by atoms with Gasteiger partial charge in [-0.25, -0.2) is 0 Å². The molecule has 2 nitrogen and oxygen atoms in total. The van der Waals surface area contributed by atoms with Crippen LogP contribution in [-0.4, -0.2) is 25.4 Å². The van der Waals surface area contributed by atoms with Gasteiger partial charge >= 0.3 is 0 Å². The number of hydrogen-bond donors (Lipinski definition) is 0. The Morgan fingerprint density at radius 1 is 0.625 bits per heavy atom. The van der Waals surface area contributed by atoms with Crippen molar-refractivity contribution >= 4 is 0 Å². The zero-order valence-corrected chi connectivity index (χ0v) is 15.8. The van der Waals surface area contributed by atoms with E-state index >= 15 is 0 Å². The van der Waals surface area contributed by atoms with Crippen LogP contribution in [0.25, 0.3) is 0 Å². The van der Waals surface area contributed by atoms with Crippen LogP contribution in [0, 0.1) is 23.7 Å². The molecule has 0 aromatic heterocycles. The molecular weight excluding hydrogens is 296 g/mol. The van der Waals surface area contributed by atoms with Gasteiger partial charge in [0, 0.05) is 7.11 Å². The first-order chi connectivity index (χ1) is 11.8. The zero-order valence-electron chi connectivity index (χ0n) is 15.8. The van der Waals surface area contributed by atoms with Gasteiger partial charge in [0.25, 0.3) is 0 Å². The average Bonchev–Trinajstić information content (AvgIpc) is 2.68. The van der Waals surface area contributed by atoms with Crippen molar-refractivity contribution in [2.75, 3.05) is 7.11 Å². The minimum atomic E-state index is 0.515. The van der Waals surface area contributed by atoms with Gasteiger partial charge in [-0.3, -0.25) is 0 Å².